The lowest BCUT2D eigenvalue weighted by molar-refractivity contribution is -0.126. The molecule has 0 aliphatic carbocycles. The Labute approximate surface area is 47.0 Å². The second kappa shape index (κ2) is 4.30. The van der Waals surface area contributed by atoms with E-state index in [0.717, 1.165) is 0 Å². The molecule has 0 saturated carbocycles. The number of carbonyl (C=O) groups excluding carboxylic acids is 1. The minimum absolute atomic E-state index is 0.0570. The van der Waals surface area contributed by atoms with Crippen molar-refractivity contribution in [1.29, 1.82) is 0 Å². The van der Waals surface area contributed by atoms with E-state index in [0.29, 0.717) is 6.42 Å². The SMILES string of the molecule is CC/C=C(\F)OC=O. The van der Waals surface area contributed by atoms with Crippen molar-refractivity contribution in [2.24, 2.45) is 0 Å². The fourth-order valence-electron chi connectivity index (χ4n) is 0.255. The summed E-state index contributed by atoms with van der Waals surface area (Å²) in [5, 5.41) is 0. The molecule has 3 heteroatoms. The molecule has 0 heterocycles. The Morgan fingerprint density at radius 1 is 1.88 bits per heavy atom. The normalized spacial score (nSPS) is 11.0. The first-order chi connectivity index (χ1) is 3.81. The molecule has 8 heavy (non-hydrogen) atoms. The summed E-state index contributed by atoms with van der Waals surface area (Å²) in [6, 6.07) is -0.831. The van der Waals surface area contributed by atoms with Crippen LogP contribution in [0.25, 0.3) is 0 Å². The van der Waals surface area contributed by atoms with Crippen molar-refractivity contribution in [2.45, 2.75) is 13.3 Å². The number of halogens is 1. The van der Waals surface area contributed by atoms with Gasteiger partial charge in [0.15, 0.2) is 0 Å². The van der Waals surface area contributed by atoms with E-state index >= 15 is 0 Å². The smallest absolute Gasteiger partial charge is 0.300 e. The minimum atomic E-state index is -0.831. The highest BCUT2D eigenvalue weighted by Gasteiger charge is 1.87. The van der Waals surface area contributed by atoms with Crippen molar-refractivity contribution in [3.8, 4) is 0 Å². The van der Waals surface area contributed by atoms with E-state index < -0.39 is 6.01 Å². The molecule has 0 unspecified atom stereocenters. The highest BCUT2D eigenvalue weighted by atomic mass is 19.1. The van der Waals surface area contributed by atoms with E-state index in [1.165, 1.54) is 6.08 Å². The van der Waals surface area contributed by atoms with Crippen molar-refractivity contribution in [3.63, 3.8) is 0 Å². The highest BCUT2D eigenvalue weighted by Crippen LogP contribution is 1.96. The van der Waals surface area contributed by atoms with Gasteiger partial charge in [-0.25, -0.2) is 0 Å². The van der Waals surface area contributed by atoms with Crippen LogP contribution in [0.3, 0.4) is 0 Å². The van der Waals surface area contributed by atoms with Crippen molar-refractivity contribution in [1.82, 2.24) is 0 Å². The Kier molecular flexibility index (Phi) is 3.84. The first-order valence-electron chi connectivity index (χ1n) is 2.27. The van der Waals surface area contributed by atoms with E-state index in [9.17, 15) is 9.18 Å². The van der Waals surface area contributed by atoms with Gasteiger partial charge in [0, 0.05) is 0 Å². The topological polar surface area (TPSA) is 26.3 Å². The quantitative estimate of drug-likeness (QED) is 0.413. The molecular formula is C5H7FO2. The molecule has 0 aromatic heterocycles. The van der Waals surface area contributed by atoms with Crippen LogP contribution in [0.15, 0.2) is 12.1 Å². The molecule has 0 amide bonds. The van der Waals surface area contributed by atoms with Gasteiger partial charge in [0.05, 0.1) is 0 Å². The van der Waals surface area contributed by atoms with Crippen LogP contribution in [0, 0.1) is 0 Å². The van der Waals surface area contributed by atoms with Gasteiger partial charge in [-0.05, 0) is 12.5 Å². The third-order valence-electron chi connectivity index (χ3n) is 0.525. The number of rotatable bonds is 3. The highest BCUT2D eigenvalue weighted by molar-refractivity contribution is 5.38. The summed E-state index contributed by atoms with van der Waals surface area (Å²) in [4.78, 5) is 9.39. The van der Waals surface area contributed by atoms with E-state index in [1.54, 1.807) is 6.92 Å². The molecule has 0 N–H and O–H groups in total. The molecule has 0 atom stereocenters. The summed E-state index contributed by atoms with van der Waals surface area (Å²) in [7, 11) is 0. The molecule has 0 saturated heterocycles. The maximum Gasteiger partial charge on any atom is 0.300 e. The average molecular weight is 118 g/mol. The largest absolute Gasteiger partial charge is 0.401 e. The van der Waals surface area contributed by atoms with Gasteiger partial charge in [0.1, 0.15) is 0 Å². The van der Waals surface area contributed by atoms with Gasteiger partial charge in [-0.2, -0.15) is 4.39 Å². The Bertz CT molecular complexity index is 98.6. The maximum absolute atomic E-state index is 11.8. The molecular weight excluding hydrogens is 111 g/mol. The number of ether oxygens (including phenoxy) is 1. The third kappa shape index (κ3) is 3.33. The fourth-order valence-corrected chi connectivity index (χ4v) is 0.255. The van der Waals surface area contributed by atoms with E-state index in [2.05, 4.69) is 4.74 Å². The monoisotopic (exact) mass is 118 g/mol. The molecule has 0 fully saturated rings. The molecule has 0 aliphatic heterocycles. The lowest BCUT2D eigenvalue weighted by Gasteiger charge is -1.86. The van der Waals surface area contributed by atoms with Gasteiger partial charge in [-0.1, -0.05) is 6.92 Å². The number of allylic oxidation sites excluding steroid dienone is 1. The Balaban J connectivity index is 3.44. The van der Waals surface area contributed by atoms with Crippen LogP contribution in [0.2, 0.25) is 0 Å². The zero-order valence-electron chi connectivity index (χ0n) is 4.56. The van der Waals surface area contributed by atoms with Crippen LogP contribution in [-0.2, 0) is 9.53 Å². The van der Waals surface area contributed by atoms with Crippen molar-refractivity contribution in [3.05, 3.63) is 12.1 Å². The van der Waals surface area contributed by atoms with Crippen LogP contribution in [0.1, 0.15) is 13.3 Å². The standard InChI is InChI=1S/C5H7FO2/c1-2-3-5(6)8-4-7/h3-4H,2H2,1H3/b5-3+. The van der Waals surface area contributed by atoms with Crippen molar-refractivity contribution >= 4 is 6.47 Å². The Hall–Kier alpha value is -0.860. The van der Waals surface area contributed by atoms with E-state index in [1.807, 2.05) is 0 Å². The average Bonchev–Trinajstić information content (AvgIpc) is 1.68. The van der Waals surface area contributed by atoms with Crippen LogP contribution in [0.5, 0.6) is 0 Å². The zero-order chi connectivity index (χ0) is 6.41. The molecule has 46 valence electrons. The summed E-state index contributed by atoms with van der Waals surface area (Å²) in [6.07, 6.45) is 1.70. The molecule has 0 rings (SSSR count). The predicted octanol–water partition coefficient (Wildman–Crippen LogP) is 1.38. The molecule has 2 nitrogen and oxygen atoms in total. The van der Waals surface area contributed by atoms with E-state index in [4.69, 9.17) is 0 Å². The summed E-state index contributed by atoms with van der Waals surface area (Å²) in [5.74, 6) is 0. The lowest BCUT2D eigenvalue weighted by Crippen LogP contribution is -1.80. The number of carbonyl (C=O) groups is 1. The lowest BCUT2D eigenvalue weighted by atomic mass is 10.5. The first-order valence-corrected chi connectivity index (χ1v) is 2.27. The van der Waals surface area contributed by atoms with Gasteiger partial charge >= 0.3 is 0 Å². The van der Waals surface area contributed by atoms with Gasteiger partial charge in [0.25, 0.3) is 12.5 Å². The molecule has 0 aromatic carbocycles. The zero-order valence-corrected chi connectivity index (χ0v) is 4.56. The molecule has 0 bridgehead atoms. The van der Waals surface area contributed by atoms with Crippen LogP contribution in [0.4, 0.5) is 4.39 Å². The summed E-state index contributed by atoms with van der Waals surface area (Å²) >= 11 is 0. The molecule has 0 aromatic rings. The van der Waals surface area contributed by atoms with Crippen LogP contribution in [-0.4, -0.2) is 6.47 Å². The minimum Gasteiger partial charge on any atom is -0.401 e. The van der Waals surface area contributed by atoms with Gasteiger partial charge in [-0.15, -0.1) is 0 Å². The third-order valence-corrected chi connectivity index (χ3v) is 0.525. The van der Waals surface area contributed by atoms with Crippen molar-refractivity contribution < 1.29 is 13.9 Å². The fraction of sp³-hybridized carbons (Fsp3) is 0.400. The second-order valence-corrected chi connectivity index (χ2v) is 1.13. The van der Waals surface area contributed by atoms with Gasteiger partial charge in [-0.3, -0.25) is 4.79 Å². The number of hydrogen-bond acceptors (Lipinski definition) is 2. The Morgan fingerprint density at radius 2 is 2.50 bits per heavy atom. The van der Waals surface area contributed by atoms with Crippen LogP contribution < -0.4 is 0 Å². The maximum atomic E-state index is 11.8. The Morgan fingerprint density at radius 3 is 2.88 bits per heavy atom. The van der Waals surface area contributed by atoms with Crippen molar-refractivity contribution in [2.75, 3.05) is 0 Å². The van der Waals surface area contributed by atoms with E-state index in [-0.39, 0.29) is 6.47 Å². The number of hydrogen-bond donors (Lipinski definition) is 0. The molecule has 0 spiro atoms. The van der Waals surface area contributed by atoms with Gasteiger partial charge in [0.2, 0.25) is 0 Å². The summed E-state index contributed by atoms with van der Waals surface area (Å²) < 4.78 is 15.6. The summed E-state index contributed by atoms with van der Waals surface area (Å²) in [5.41, 5.74) is 0. The first kappa shape index (κ1) is 7.14. The summed E-state index contributed by atoms with van der Waals surface area (Å²) in [6.45, 7) is 1.80. The predicted molar refractivity (Wildman–Crippen MR) is 26.6 cm³/mol. The molecule has 0 radical (unpaired) electrons. The second-order valence-electron chi connectivity index (χ2n) is 1.13. The van der Waals surface area contributed by atoms with Crippen LogP contribution >= 0.6 is 0 Å². The molecule has 0 aliphatic rings. The van der Waals surface area contributed by atoms with Gasteiger partial charge < -0.3 is 4.74 Å².